The number of aromatic nitrogens is 4. The highest BCUT2D eigenvalue weighted by molar-refractivity contribution is 7.73. The molecule has 0 spiro atoms. The molecular weight excluding hydrogens is 471 g/mol. The van der Waals surface area contributed by atoms with E-state index in [2.05, 4.69) is 19.9 Å². The number of nitrogen functional groups attached to an aromatic ring is 1. The Hall–Kier alpha value is -3.14. The van der Waals surface area contributed by atoms with Crippen molar-refractivity contribution in [2.24, 2.45) is 4.99 Å². The molecule has 0 saturated carbocycles. The van der Waals surface area contributed by atoms with Gasteiger partial charge >= 0.3 is 5.97 Å². The Morgan fingerprint density at radius 3 is 2.63 bits per heavy atom. The van der Waals surface area contributed by atoms with Gasteiger partial charge in [0, 0.05) is 0 Å². The maximum atomic E-state index is 13.6. The second kappa shape index (κ2) is 12.0. The molecule has 2 N–H and O–H groups in total. The lowest BCUT2D eigenvalue weighted by molar-refractivity contribution is -0.148. The van der Waals surface area contributed by atoms with Crippen molar-refractivity contribution in [2.75, 3.05) is 12.1 Å². The van der Waals surface area contributed by atoms with E-state index in [1.807, 2.05) is 37.3 Å². The van der Waals surface area contributed by atoms with Crippen LogP contribution in [-0.2, 0) is 36.5 Å². The number of carbonyl (C=O) groups is 1. The Balaban J connectivity index is 1.68. The first-order valence-electron chi connectivity index (χ1n) is 11.2. The minimum atomic E-state index is -3.50. The summed E-state index contributed by atoms with van der Waals surface area (Å²) >= 11 is 0. The van der Waals surface area contributed by atoms with Gasteiger partial charge in [0.1, 0.15) is 24.2 Å². The number of hydrogen-bond acceptors (Lipinski definition) is 10. The zero-order chi connectivity index (χ0) is 25.4. The molecule has 0 radical (unpaired) electrons. The van der Waals surface area contributed by atoms with Crippen LogP contribution >= 0.6 is 7.37 Å². The van der Waals surface area contributed by atoms with Gasteiger partial charge in [-0.05, 0) is 33.3 Å². The van der Waals surface area contributed by atoms with Crippen molar-refractivity contribution in [3.63, 3.8) is 0 Å². The average Bonchev–Trinajstić information content (AvgIpc) is 3.24. The summed E-state index contributed by atoms with van der Waals surface area (Å²) in [5.74, 6) is 0.978. The van der Waals surface area contributed by atoms with E-state index in [9.17, 15) is 9.36 Å². The van der Waals surface area contributed by atoms with Crippen molar-refractivity contribution in [3.05, 3.63) is 48.5 Å². The zero-order valence-electron chi connectivity index (χ0n) is 20.3. The van der Waals surface area contributed by atoms with E-state index in [0.717, 1.165) is 5.56 Å². The van der Waals surface area contributed by atoms with Gasteiger partial charge in [0.2, 0.25) is 0 Å². The molecule has 0 unspecified atom stereocenters. The molecule has 12 heteroatoms. The Bertz CT molecular complexity index is 1200. The molecule has 3 aromatic rings. The van der Waals surface area contributed by atoms with Crippen molar-refractivity contribution in [1.82, 2.24) is 19.5 Å². The highest BCUT2D eigenvalue weighted by Gasteiger charge is 2.25. The van der Waals surface area contributed by atoms with Crippen molar-refractivity contribution >= 4 is 36.3 Å². The summed E-state index contributed by atoms with van der Waals surface area (Å²) in [5, 5.41) is 0. The normalized spacial score (nSPS) is 15.3. The Labute approximate surface area is 204 Å². The molecule has 0 aliphatic carbocycles. The molecule has 11 nitrogen and oxygen atoms in total. The van der Waals surface area contributed by atoms with E-state index >= 15 is 0 Å². The average molecular weight is 503 g/mol. The fraction of sp³-hybridized carbons (Fsp3) is 0.435. The molecule has 0 saturated heterocycles. The second-order valence-corrected chi connectivity index (χ2v) is 10.5. The number of fused-ring (bicyclic) bond motifs is 1. The minimum absolute atomic E-state index is 0.106. The monoisotopic (exact) mass is 502 g/mol. The van der Waals surface area contributed by atoms with Gasteiger partial charge < -0.3 is 24.3 Å². The van der Waals surface area contributed by atoms with E-state index in [0.29, 0.717) is 23.5 Å². The van der Waals surface area contributed by atoms with Crippen LogP contribution in [0.15, 0.2) is 48.0 Å². The van der Waals surface area contributed by atoms with Crippen LogP contribution in [0.1, 0.15) is 33.3 Å². The summed E-state index contributed by atoms with van der Waals surface area (Å²) in [4.78, 5) is 28.7. The molecule has 3 atom stereocenters. The van der Waals surface area contributed by atoms with Crippen molar-refractivity contribution in [1.29, 1.82) is 0 Å². The molecule has 0 bridgehead atoms. The SMILES string of the molecule is CC(C)OC(=O)[C@H](C)N=C[P@@](=O)(CO[C@H](C)Cn1cnc2c(N)ncnc21)OCc1ccccc1. The summed E-state index contributed by atoms with van der Waals surface area (Å²) in [6.45, 7) is 7.40. The van der Waals surface area contributed by atoms with Crippen LogP contribution < -0.4 is 5.73 Å². The Morgan fingerprint density at radius 2 is 1.91 bits per heavy atom. The number of ether oxygens (including phenoxy) is 2. The van der Waals surface area contributed by atoms with E-state index < -0.39 is 19.4 Å². The lowest BCUT2D eigenvalue weighted by Gasteiger charge is -2.19. The van der Waals surface area contributed by atoms with E-state index in [-0.39, 0.29) is 25.2 Å². The summed E-state index contributed by atoms with van der Waals surface area (Å²) < 4.78 is 32.2. The summed E-state index contributed by atoms with van der Waals surface area (Å²) in [5.41, 5.74) is 7.78. The maximum absolute atomic E-state index is 13.6. The van der Waals surface area contributed by atoms with Gasteiger partial charge in [-0.2, -0.15) is 0 Å². The number of anilines is 1. The fourth-order valence-corrected chi connectivity index (χ4v) is 4.49. The summed E-state index contributed by atoms with van der Waals surface area (Å²) in [6, 6.07) is 8.52. The fourth-order valence-electron chi connectivity index (χ4n) is 3.05. The lowest BCUT2D eigenvalue weighted by Crippen LogP contribution is -2.22. The van der Waals surface area contributed by atoms with Crippen LogP contribution in [0.25, 0.3) is 11.2 Å². The van der Waals surface area contributed by atoms with Gasteiger partial charge in [-0.15, -0.1) is 0 Å². The van der Waals surface area contributed by atoms with Crippen LogP contribution in [0, 0.1) is 0 Å². The van der Waals surface area contributed by atoms with E-state index in [1.165, 1.54) is 12.3 Å². The molecule has 2 heterocycles. The number of rotatable bonds is 12. The molecule has 0 aliphatic rings. The molecule has 1 aromatic carbocycles. The van der Waals surface area contributed by atoms with E-state index in [1.54, 1.807) is 31.7 Å². The maximum Gasteiger partial charge on any atom is 0.330 e. The highest BCUT2D eigenvalue weighted by atomic mass is 31.2. The number of imidazole rings is 1. The molecule has 0 amide bonds. The predicted octanol–water partition coefficient (Wildman–Crippen LogP) is 3.63. The molecular formula is C23H31N6O5P. The number of carbonyl (C=O) groups excluding carboxylic acids is 1. The van der Waals surface area contributed by atoms with Gasteiger partial charge in [-0.25, -0.2) is 19.7 Å². The number of aliphatic imine (C=N–C) groups is 1. The van der Waals surface area contributed by atoms with Crippen LogP contribution in [0.5, 0.6) is 0 Å². The molecule has 3 rings (SSSR count). The first kappa shape index (κ1) is 26.5. The van der Waals surface area contributed by atoms with Crippen LogP contribution in [-0.4, -0.2) is 56.0 Å². The smallest absolute Gasteiger partial charge is 0.330 e. The number of hydrogen-bond donors (Lipinski definition) is 1. The molecule has 0 aliphatic heterocycles. The first-order valence-corrected chi connectivity index (χ1v) is 13.1. The summed E-state index contributed by atoms with van der Waals surface area (Å²) in [7, 11) is -3.50. The second-order valence-electron chi connectivity index (χ2n) is 8.35. The third-order valence-electron chi connectivity index (χ3n) is 4.87. The van der Waals surface area contributed by atoms with Gasteiger partial charge in [0.05, 0.1) is 37.6 Å². The van der Waals surface area contributed by atoms with Crippen LogP contribution in [0.2, 0.25) is 0 Å². The number of esters is 1. The predicted molar refractivity (Wildman–Crippen MR) is 133 cm³/mol. The Kier molecular flexibility index (Phi) is 9.08. The standard InChI is InChI=1S/C23H31N6O5P/c1-16(2)34-23(30)18(4)28-14-35(31,33-11-19-8-6-5-7-9-19)15-32-17(3)10-29-13-27-20-21(24)25-12-26-22(20)29/h5-9,12-14,16-18H,10-11,15H2,1-4H3,(H2,24,25,26)/t17-,18+,35+/m1/s1. The first-order chi connectivity index (χ1) is 16.7. The molecule has 188 valence electrons. The largest absolute Gasteiger partial charge is 0.461 e. The third kappa shape index (κ3) is 7.68. The molecule has 2 aromatic heterocycles. The quantitative estimate of drug-likeness (QED) is 0.223. The van der Waals surface area contributed by atoms with Gasteiger partial charge in [0.15, 0.2) is 11.5 Å². The van der Waals surface area contributed by atoms with Crippen molar-refractivity contribution in [2.45, 2.75) is 59.1 Å². The molecule has 35 heavy (non-hydrogen) atoms. The van der Waals surface area contributed by atoms with Gasteiger partial charge in [0.25, 0.3) is 7.37 Å². The lowest BCUT2D eigenvalue weighted by atomic mass is 10.2. The van der Waals surface area contributed by atoms with Crippen molar-refractivity contribution < 1.29 is 23.4 Å². The van der Waals surface area contributed by atoms with E-state index in [4.69, 9.17) is 19.7 Å². The minimum Gasteiger partial charge on any atom is -0.461 e. The number of nitrogens with two attached hydrogens (primary N) is 1. The topological polar surface area (TPSA) is 144 Å². The number of benzene rings is 1. The Morgan fingerprint density at radius 1 is 1.17 bits per heavy atom. The van der Waals surface area contributed by atoms with Gasteiger partial charge in [-0.3, -0.25) is 9.56 Å². The van der Waals surface area contributed by atoms with Gasteiger partial charge in [-0.1, -0.05) is 30.3 Å². The van der Waals surface area contributed by atoms with Crippen LogP contribution in [0.4, 0.5) is 5.82 Å². The van der Waals surface area contributed by atoms with Crippen LogP contribution in [0.3, 0.4) is 0 Å². The molecule has 0 fully saturated rings. The summed E-state index contributed by atoms with van der Waals surface area (Å²) in [6.07, 6.45) is 2.11. The van der Waals surface area contributed by atoms with Crippen molar-refractivity contribution in [3.8, 4) is 0 Å². The zero-order valence-corrected chi connectivity index (χ0v) is 21.2. The number of nitrogens with zero attached hydrogens (tertiary/aromatic N) is 5. The highest BCUT2D eigenvalue weighted by Crippen LogP contribution is 2.45. The third-order valence-corrected chi connectivity index (χ3v) is 6.43.